The number of carbonyl (C=O) groups excluding carboxylic acids is 3. The van der Waals surface area contributed by atoms with E-state index in [0.717, 1.165) is 103 Å². The Morgan fingerprint density at radius 1 is 0.667 bits per heavy atom. The molecular formula is C50H79NO11S. The van der Waals surface area contributed by atoms with Crippen molar-refractivity contribution in [3.8, 4) is 0 Å². The number of hydrogen-bond acceptors (Lipinski definition) is 10. The maximum absolute atomic E-state index is 13.7. The number of carbonyl (C=O) groups is 3. The Labute approximate surface area is 378 Å². The van der Waals surface area contributed by atoms with Crippen LogP contribution >= 0.6 is 0 Å². The van der Waals surface area contributed by atoms with Crippen LogP contribution in [0.5, 0.6) is 0 Å². The van der Waals surface area contributed by atoms with Crippen LogP contribution in [-0.4, -0.2) is 79.6 Å². The highest BCUT2D eigenvalue weighted by Gasteiger charge is 2.46. The van der Waals surface area contributed by atoms with Crippen molar-refractivity contribution < 1.29 is 50.9 Å². The summed E-state index contributed by atoms with van der Waals surface area (Å²) in [6.07, 6.45) is 19.4. The summed E-state index contributed by atoms with van der Waals surface area (Å²) in [5.41, 5.74) is 2.67. The van der Waals surface area contributed by atoms with Gasteiger partial charge in [0.15, 0.2) is 6.10 Å². The Bertz CT molecular complexity index is 1610. The summed E-state index contributed by atoms with van der Waals surface area (Å²) in [4.78, 5) is 39.9. The van der Waals surface area contributed by atoms with E-state index in [1.807, 2.05) is 24.3 Å². The third kappa shape index (κ3) is 25.6. The summed E-state index contributed by atoms with van der Waals surface area (Å²) < 4.78 is 55.7. The fraction of sp³-hybridized carbons (Fsp3) is 0.700. The lowest BCUT2D eigenvalue weighted by Gasteiger charge is -2.40. The van der Waals surface area contributed by atoms with Gasteiger partial charge in [-0.15, -0.1) is 0 Å². The number of aliphatic hydroxyl groups excluding tert-OH is 1. The van der Waals surface area contributed by atoms with Crippen molar-refractivity contribution in [3.63, 3.8) is 0 Å². The number of benzene rings is 2. The summed E-state index contributed by atoms with van der Waals surface area (Å²) in [6, 6.07) is 19.7. The number of ether oxygens (including phenoxy) is 3. The molecule has 5 atom stereocenters. The largest absolute Gasteiger partial charge is 0.462 e. The van der Waals surface area contributed by atoms with Crippen LogP contribution in [0.1, 0.15) is 179 Å². The van der Waals surface area contributed by atoms with Crippen LogP contribution in [0.25, 0.3) is 0 Å². The minimum absolute atomic E-state index is 0.0510. The van der Waals surface area contributed by atoms with E-state index in [0.29, 0.717) is 19.3 Å². The lowest BCUT2D eigenvalue weighted by Crippen LogP contribution is -2.62. The molecule has 0 saturated carbocycles. The van der Waals surface area contributed by atoms with Gasteiger partial charge in [0, 0.05) is 12.8 Å². The number of aryl methyl sites for hydroxylation is 2. The first-order valence-electron chi connectivity index (χ1n) is 24.2. The minimum Gasteiger partial charge on any atom is -0.462 e. The van der Waals surface area contributed by atoms with E-state index in [-0.39, 0.29) is 31.8 Å². The third-order valence-corrected chi connectivity index (χ3v) is 12.3. The van der Waals surface area contributed by atoms with E-state index in [1.165, 1.54) is 43.2 Å². The van der Waals surface area contributed by atoms with Gasteiger partial charge in [0.1, 0.15) is 18.3 Å². The molecule has 1 amide bonds. The monoisotopic (exact) mass is 902 g/mol. The van der Waals surface area contributed by atoms with Crippen molar-refractivity contribution in [2.45, 2.75) is 211 Å². The molecule has 13 heteroatoms. The Morgan fingerprint density at radius 2 is 1.14 bits per heavy atom. The van der Waals surface area contributed by atoms with E-state index in [4.69, 9.17) is 18.4 Å². The second-order valence-electron chi connectivity index (χ2n) is 17.3. The molecule has 1 aliphatic heterocycles. The van der Waals surface area contributed by atoms with Crippen LogP contribution in [0, 0.1) is 0 Å². The zero-order chi connectivity index (χ0) is 45.4. The van der Waals surface area contributed by atoms with Gasteiger partial charge in [-0.3, -0.25) is 18.9 Å². The molecule has 0 aromatic heterocycles. The summed E-state index contributed by atoms with van der Waals surface area (Å²) in [5, 5.41) is 12.8. The molecule has 0 spiro atoms. The predicted molar refractivity (Wildman–Crippen MR) is 246 cm³/mol. The van der Waals surface area contributed by atoms with Gasteiger partial charge in [-0.05, 0) is 62.5 Å². The number of amides is 1. The van der Waals surface area contributed by atoms with Gasteiger partial charge >= 0.3 is 22.3 Å². The van der Waals surface area contributed by atoms with Crippen molar-refractivity contribution in [2.75, 3.05) is 13.2 Å². The van der Waals surface area contributed by atoms with Gasteiger partial charge < -0.3 is 24.6 Å². The van der Waals surface area contributed by atoms with Gasteiger partial charge in [-0.1, -0.05) is 170 Å². The summed E-state index contributed by atoms with van der Waals surface area (Å²) in [7, 11) is -5.07. The van der Waals surface area contributed by atoms with E-state index >= 15 is 0 Å². The number of rotatable bonds is 36. The molecule has 1 fully saturated rings. The average molecular weight is 902 g/mol. The molecule has 0 radical (unpaired) electrons. The molecular weight excluding hydrogens is 823 g/mol. The second-order valence-corrected chi connectivity index (χ2v) is 18.4. The molecule has 0 bridgehead atoms. The molecule has 3 N–H and O–H groups in total. The maximum Gasteiger partial charge on any atom is 0.397 e. The smallest absolute Gasteiger partial charge is 0.397 e. The summed E-state index contributed by atoms with van der Waals surface area (Å²) in [5.74, 6) is -1.48. The first-order valence-corrected chi connectivity index (χ1v) is 25.6. The van der Waals surface area contributed by atoms with Crippen molar-refractivity contribution in [1.29, 1.82) is 0 Å². The molecule has 0 unspecified atom stereocenters. The number of unbranched alkanes of at least 4 members (excludes halogenated alkanes) is 18. The quantitative estimate of drug-likeness (QED) is 0.0337. The fourth-order valence-corrected chi connectivity index (χ4v) is 8.77. The van der Waals surface area contributed by atoms with Gasteiger partial charge in [0.25, 0.3) is 0 Å². The summed E-state index contributed by atoms with van der Waals surface area (Å²) in [6.45, 7) is 1.29. The van der Waals surface area contributed by atoms with Crippen molar-refractivity contribution in [3.05, 3.63) is 71.8 Å². The van der Waals surface area contributed by atoms with Crippen LogP contribution in [-0.2, 0) is 56.0 Å². The zero-order valence-corrected chi connectivity index (χ0v) is 39.0. The first kappa shape index (κ1) is 54.0. The lowest BCUT2D eigenvalue weighted by atomic mass is 9.97. The topological polar surface area (TPSA) is 175 Å². The number of esters is 2. The van der Waals surface area contributed by atoms with E-state index in [9.17, 15) is 32.5 Å². The van der Waals surface area contributed by atoms with Crippen molar-refractivity contribution in [2.24, 2.45) is 0 Å². The van der Waals surface area contributed by atoms with Gasteiger partial charge in [0.2, 0.25) is 5.91 Å². The molecule has 2 aromatic rings. The Balaban J connectivity index is 1.52. The normalized spacial score (nSPS) is 18.1. The summed E-state index contributed by atoms with van der Waals surface area (Å²) >= 11 is 0. The first-order chi connectivity index (χ1) is 30.6. The third-order valence-electron chi connectivity index (χ3n) is 11.8. The number of aliphatic hydroxyl groups is 1. The van der Waals surface area contributed by atoms with E-state index in [1.54, 1.807) is 0 Å². The molecule has 3 rings (SSSR count). The van der Waals surface area contributed by atoms with Crippen LogP contribution in [0.2, 0.25) is 0 Å². The highest BCUT2D eigenvalue weighted by molar-refractivity contribution is 7.80. The SMILES string of the molecule is CCCCCCCCCCC[C@H](CC(=O)N[C@H]1CO[C@H](CO)[C@@H](OS(=O)(=O)O)[C@@H]1OC(=O)CCCCCCCCc1ccccc1)OC(=O)CCCCCCCCc1ccccc1. The van der Waals surface area contributed by atoms with E-state index in [2.05, 4.69) is 48.6 Å². The highest BCUT2D eigenvalue weighted by atomic mass is 32.3. The number of hydrogen-bond donors (Lipinski definition) is 3. The lowest BCUT2D eigenvalue weighted by molar-refractivity contribution is -0.186. The Morgan fingerprint density at radius 3 is 1.65 bits per heavy atom. The highest BCUT2D eigenvalue weighted by Crippen LogP contribution is 2.25. The van der Waals surface area contributed by atoms with Crippen molar-refractivity contribution in [1.82, 2.24) is 5.32 Å². The van der Waals surface area contributed by atoms with Gasteiger partial charge in [-0.25, -0.2) is 4.18 Å². The number of nitrogens with one attached hydrogen (secondary N) is 1. The average Bonchev–Trinajstić information content (AvgIpc) is 3.26. The van der Waals surface area contributed by atoms with Gasteiger partial charge in [0.05, 0.1) is 25.7 Å². The van der Waals surface area contributed by atoms with Crippen LogP contribution in [0.3, 0.4) is 0 Å². The molecule has 63 heavy (non-hydrogen) atoms. The van der Waals surface area contributed by atoms with Crippen LogP contribution < -0.4 is 5.32 Å². The Kier molecular flexibility index (Phi) is 28.4. The molecule has 0 aliphatic carbocycles. The fourth-order valence-electron chi connectivity index (χ4n) is 8.26. The Hall–Kier alpha value is -3.36. The van der Waals surface area contributed by atoms with Crippen molar-refractivity contribution >= 4 is 28.2 Å². The molecule has 12 nitrogen and oxygen atoms in total. The molecule has 1 heterocycles. The van der Waals surface area contributed by atoms with E-state index < -0.39 is 59.3 Å². The molecule has 356 valence electrons. The molecule has 2 aromatic carbocycles. The zero-order valence-electron chi connectivity index (χ0n) is 38.1. The van der Waals surface area contributed by atoms with Crippen LogP contribution in [0.4, 0.5) is 0 Å². The molecule has 1 saturated heterocycles. The van der Waals surface area contributed by atoms with Crippen LogP contribution in [0.15, 0.2) is 60.7 Å². The maximum atomic E-state index is 13.7. The standard InChI is InChI=1S/C50H79NO11S/c1-2-3-4-5-6-7-8-15-26-35-43(60-47(54)36-27-16-11-9-13-20-29-41-31-22-18-23-32-41)38-46(53)51-44-40-59-45(39-52)50(62-63(56,57)58)49(44)61-48(55)37-28-17-12-10-14-21-30-42-33-24-19-25-34-42/h18-19,22-25,31-34,43-45,49-50,52H,2-17,20-21,26-30,35-40H2,1H3,(H,51,53)(H,56,57,58)/t43-,44+,45-,49-,50-/m1/s1. The van der Waals surface area contributed by atoms with Gasteiger partial charge in [-0.2, -0.15) is 8.42 Å². The molecule has 1 aliphatic rings. The second kappa shape index (κ2) is 33.2. The predicted octanol–water partition coefficient (Wildman–Crippen LogP) is 10.1. The minimum atomic E-state index is -5.07.